The van der Waals surface area contributed by atoms with E-state index in [4.69, 9.17) is 14.7 Å². The van der Waals surface area contributed by atoms with E-state index in [2.05, 4.69) is 33.8 Å². The molecule has 3 aromatic rings. The van der Waals surface area contributed by atoms with Crippen LogP contribution in [0.1, 0.15) is 19.8 Å². The molecule has 0 bridgehead atoms. The molecule has 1 saturated heterocycles. The monoisotopic (exact) mass is 482 g/mol. The zero-order valence-electron chi connectivity index (χ0n) is 17.8. The highest BCUT2D eigenvalue weighted by atomic mass is 79.9. The van der Waals surface area contributed by atoms with Gasteiger partial charge in [-0.3, -0.25) is 4.79 Å². The Morgan fingerprint density at radius 3 is 2.68 bits per heavy atom. The Bertz CT molecular complexity index is 1050. The molecule has 31 heavy (non-hydrogen) atoms. The van der Waals surface area contributed by atoms with E-state index in [1.54, 1.807) is 0 Å². The van der Waals surface area contributed by atoms with Crippen molar-refractivity contribution in [2.75, 3.05) is 44.3 Å². The van der Waals surface area contributed by atoms with Gasteiger partial charge in [-0.1, -0.05) is 47.1 Å². The number of aromatic nitrogens is 2. The van der Waals surface area contributed by atoms with Crippen molar-refractivity contribution in [3.05, 3.63) is 53.0 Å². The van der Waals surface area contributed by atoms with Crippen LogP contribution in [0.2, 0.25) is 0 Å². The van der Waals surface area contributed by atoms with Crippen LogP contribution < -0.4 is 4.90 Å². The fourth-order valence-electron chi connectivity index (χ4n) is 3.85. The molecule has 0 spiro atoms. The number of hydrogen-bond donors (Lipinski definition) is 0. The first-order chi connectivity index (χ1) is 15.2. The number of nitrogens with zero attached hydrogens (tertiary/aromatic N) is 4. The van der Waals surface area contributed by atoms with E-state index in [0.717, 1.165) is 39.7 Å². The van der Waals surface area contributed by atoms with Crippen LogP contribution >= 0.6 is 15.9 Å². The first-order valence-electron chi connectivity index (χ1n) is 10.8. The van der Waals surface area contributed by atoms with Crippen LogP contribution in [-0.2, 0) is 9.53 Å². The quantitative estimate of drug-likeness (QED) is 0.495. The minimum Gasteiger partial charge on any atom is -0.378 e. The van der Waals surface area contributed by atoms with Gasteiger partial charge in [0.15, 0.2) is 5.82 Å². The number of fused-ring (bicyclic) bond motifs is 1. The molecule has 0 radical (unpaired) electrons. The second kappa shape index (κ2) is 10.2. The Morgan fingerprint density at radius 2 is 1.90 bits per heavy atom. The largest absolute Gasteiger partial charge is 0.378 e. The minimum absolute atomic E-state index is 0.176. The minimum atomic E-state index is 0.176. The van der Waals surface area contributed by atoms with Gasteiger partial charge in [0.2, 0.25) is 5.91 Å². The van der Waals surface area contributed by atoms with Gasteiger partial charge in [0, 0.05) is 48.0 Å². The molecule has 1 aliphatic heterocycles. The van der Waals surface area contributed by atoms with Gasteiger partial charge in [-0.2, -0.15) is 0 Å². The summed E-state index contributed by atoms with van der Waals surface area (Å²) in [6.45, 7) is 6.20. The molecule has 162 valence electrons. The maximum absolute atomic E-state index is 12.7. The van der Waals surface area contributed by atoms with Crippen LogP contribution in [0.4, 0.5) is 5.82 Å². The fraction of sp³-hybridized carbons (Fsp3) is 0.375. The van der Waals surface area contributed by atoms with Gasteiger partial charge in [-0.25, -0.2) is 9.97 Å². The predicted octanol–water partition coefficient (Wildman–Crippen LogP) is 4.52. The van der Waals surface area contributed by atoms with Crippen molar-refractivity contribution < 1.29 is 9.53 Å². The lowest BCUT2D eigenvalue weighted by atomic mass is 10.1. The lowest BCUT2D eigenvalue weighted by Crippen LogP contribution is -2.42. The normalized spacial score (nSPS) is 14.1. The molecular formula is C24H27BrN4O2. The SMILES string of the molecule is CCCN(CCC(=O)N1CCOCC1)c1nc(-c2cccc(Br)c2)nc2ccccc12. The molecule has 1 amide bonds. The van der Waals surface area contributed by atoms with E-state index in [1.807, 2.05) is 47.4 Å². The third kappa shape index (κ3) is 5.22. The van der Waals surface area contributed by atoms with Crippen LogP contribution in [0, 0.1) is 0 Å². The number of carbonyl (C=O) groups is 1. The molecule has 6 nitrogen and oxygen atoms in total. The van der Waals surface area contributed by atoms with E-state index < -0.39 is 0 Å². The third-order valence-electron chi connectivity index (χ3n) is 5.42. The molecule has 1 fully saturated rings. The van der Waals surface area contributed by atoms with Crippen molar-refractivity contribution in [1.82, 2.24) is 14.9 Å². The molecule has 0 aliphatic carbocycles. The van der Waals surface area contributed by atoms with Gasteiger partial charge < -0.3 is 14.5 Å². The maximum Gasteiger partial charge on any atom is 0.224 e. The summed E-state index contributed by atoms with van der Waals surface area (Å²) in [4.78, 5) is 26.6. The average molecular weight is 483 g/mol. The van der Waals surface area contributed by atoms with Gasteiger partial charge in [-0.15, -0.1) is 0 Å². The summed E-state index contributed by atoms with van der Waals surface area (Å²) < 4.78 is 6.36. The van der Waals surface area contributed by atoms with Crippen LogP contribution in [0.3, 0.4) is 0 Å². The van der Waals surface area contributed by atoms with Gasteiger partial charge in [0.25, 0.3) is 0 Å². The van der Waals surface area contributed by atoms with E-state index in [1.165, 1.54) is 0 Å². The van der Waals surface area contributed by atoms with Crippen LogP contribution in [0.25, 0.3) is 22.3 Å². The number of hydrogen-bond acceptors (Lipinski definition) is 5. The number of rotatable bonds is 7. The highest BCUT2D eigenvalue weighted by Gasteiger charge is 2.20. The van der Waals surface area contributed by atoms with Gasteiger partial charge >= 0.3 is 0 Å². The smallest absolute Gasteiger partial charge is 0.224 e. The number of carbonyl (C=O) groups excluding carboxylic acids is 1. The molecule has 1 aromatic heterocycles. The zero-order valence-corrected chi connectivity index (χ0v) is 19.3. The maximum atomic E-state index is 12.7. The zero-order chi connectivity index (χ0) is 21.6. The summed E-state index contributed by atoms with van der Waals surface area (Å²) in [5, 5.41) is 1.01. The standard InChI is InChI=1S/C24H27BrN4O2/c1-2-11-29(12-10-22(30)28-13-15-31-16-14-28)24-20-8-3-4-9-21(20)26-23(27-24)18-6-5-7-19(25)17-18/h3-9,17H,2,10-16H2,1H3. The molecule has 0 saturated carbocycles. The number of ether oxygens (including phenoxy) is 1. The van der Waals surface area contributed by atoms with Crippen molar-refractivity contribution >= 4 is 38.6 Å². The molecule has 0 atom stereocenters. The third-order valence-corrected chi connectivity index (χ3v) is 5.91. The molecule has 2 heterocycles. The molecule has 0 unspecified atom stereocenters. The van der Waals surface area contributed by atoms with E-state index in [0.29, 0.717) is 45.1 Å². The number of amides is 1. The van der Waals surface area contributed by atoms with Crippen molar-refractivity contribution in [2.45, 2.75) is 19.8 Å². The van der Waals surface area contributed by atoms with Gasteiger partial charge in [0.05, 0.1) is 18.7 Å². The molecule has 7 heteroatoms. The van der Waals surface area contributed by atoms with Crippen molar-refractivity contribution in [2.24, 2.45) is 0 Å². The first kappa shape index (κ1) is 21.7. The van der Waals surface area contributed by atoms with Crippen molar-refractivity contribution in [1.29, 1.82) is 0 Å². The Labute approximate surface area is 191 Å². The lowest BCUT2D eigenvalue weighted by Gasteiger charge is -2.29. The highest BCUT2D eigenvalue weighted by Crippen LogP contribution is 2.29. The molecule has 0 N–H and O–H groups in total. The lowest BCUT2D eigenvalue weighted by molar-refractivity contribution is -0.135. The Hall–Kier alpha value is -2.51. The number of benzene rings is 2. The first-order valence-corrected chi connectivity index (χ1v) is 11.6. The van der Waals surface area contributed by atoms with Crippen LogP contribution in [0.5, 0.6) is 0 Å². The average Bonchev–Trinajstić information content (AvgIpc) is 2.81. The summed E-state index contributed by atoms with van der Waals surface area (Å²) in [5.74, 6) is 1.75. The van der Waals surface area contributed by atoms with Crippen LogP contribution in [0.15, 0.2) is 53.0 Å². The number of halogens is 1. The van der Waals surface area contributed by atoms with Crippen molar-refractivity contribution in [3.8, 4) is 11.4 Å². The van der Waals surface area contributed by atoms with E-state index in [9.17, 15) is 4.79 Å². The number of anilines is 1. The van der Waals surface area contributed by atoms with Crippen LogP contribution in [-0.4, -0.2) is 60.2 Å². The predicted molar refractivity (Wildman–Crippen MR) is 127 cm³/mol. The molecular weight excluding hydrogens is 456 g/mol. The second-order valence-corrected chi connectivity index (χ2v) is 8.54. The Morgan fingerprint density at radius 1 is 1.10 bits per heavy atom. The summed E-state index contributed by atoms with van der Waals surface area (Å²) in [6.07, 6.45) is 1.43. The summed E-state index contributed by atoms with van der Waals surface area (Å²) in [6, 6.07) is 16.1. The van der Waals surface area contributed by atoms with Gasteiger partial charge in [0.1, 0.15) is 5.82 Å². The highest BCUT2D eigenvalue weighted by molar-refractivity contribution is 9.10. The molecule has 1 aliphatic rings. The van der Waals surface area contributed by atoms with Crippen molar-refractivity contribution in [3.63, 3.8) is 0 Å². The fourth-order valence-corrected chi connectivity index (χ4v) is 4.25. The Balaban J connectivity index is 1.66. The summed E-state index contributed by atoms with van der Waals surface area (Å²) in [7, 11) is 0. The Kier molecular flexibility index (Phi) is 7.14. The van der Waals surface area contributed by atoms with Gasteiger partial charge in [-0.05, 0) is 30.7 Å². The summed E-state index contributed by atoms with van der Waals surface area (Å²) in [5.41, 5.74) is 1.87. The summed E-state index contributed by atoms with van der Waals surface area (Å²) >= 11 is 3.54. The second-order valence-electron chi connectivity index (χ2n) is 7.63. The molecule has 4 rings (SSSR count). The van der Waals surface area contributed by atoms with E-state index in [-0.39, 0.29) is 5.91 Å². The topological polar surface area (TPSA) is 58.6 Å². The molecule has 2 aromatic carbocycles. The van der Waals surface area contributed by atoms with E-state index >= 15 is 0 Å². The number of para-hydroxylation sites is 1. The number of morpholine rings is 1.